The van der Waals surface area contributed by atoms with Gasteiger partial charge in [-0.1, -0.05) is 24.3 Å². The van der Waals surface area contributed by atoms with Gasteiger partial charge in [0.2, 0.25) is 0 Å². The molecule has 1 atom stereocenters. The molecule has 2 heterocycles. The van der Waals surface area contributed by atoms with Crippen LogP contribution >= 0.6 is 0 Å². The van der Waals surface area contributed by atoms with Gasteiger partial charge in [-0.05, 0) is 60.0 Å². The molecule has 4 aromatic rings. The Morgan fingerprint density at radius 3 is 2.57 bits per heavy atom. The molecular weight excluding hydrogens is 449 g/mol. The zero-order valence-corrected chi connectivity index (χ0v) is 19.3. The van der Waals surface area contributed by atoms with Crippen molar-refractivity contribution in [3.05, 3.63) is 94.9 Å². The molecule has 0 saturated carbocycles. The molecule has 2 N–H and O–H groups in total. The molecule has 178 valence electrons. The van der Waals surface area contributed by atoms with Crippen molar-refractivity contribution in [2.24, 2.45) is 0 Å². The molecule has 0 fully saturated rings. The predicted octanol–water partition coefficient (Wildman–Crippen LogP) is 5.28. The number of methoxy groups -OCH3 is 2. The number of amides is 2. The number of nitrogens with one attached hydrogen (secondary N) is 2. The molecule has 1 aliphatic rings. The minimum absolute atomic E-state index is 0.261. The Kier molecular flexibility index (Phi) is 5.86. The van der Waals surface area contributed by atoms with Gasteiger partial charge >= 0.3 is 12.0 Å². The fourth-order valence-corrected chi connectivity index (χ4v) is 4.67. The molecule has 8 heteroatoms. The van der Waals surface area contributed by atoms with E-state index in [1.807, 2.05) is 18.2 Å². The topological polar surface area (TPSA) is 83.7 Å². The smallest absolute Gasteiger partial charge is 0.339 e. The van der Waals surface area contributed by atoms with Crippen LogP contribution in [-0.4, -0.2) is 42.6 Å². The molecule has 0 bridgehead atoms. The Labute approximate surface area is 201 Å². The summed E-state index contributed by atoms with van der Waals surface area (Å²) in [6.45, 7) is 0.422. The number of benzene rings is 3. The largest absolute Gasteiger partial charge is 0.497 e. The number of rotatable bonds is 4. The number of carbonyl (C=O) groups excluding carboxylic acids is 2. The highest BCUT2D eigenvalue weighted by Crippen LogP contribution is 2.39. The highest BCUT2D eigenvalue weighted by molar-refractivity contribution is 6.01. The number of anilines is 1. The molecular formula is C27H24FN3O4. The molecule has 0 aliphatic carbocycles. The van der Waals surface area contributed by atoms with Gasteiger partial charge in [0.15, 0.2) is 0 Å². The first-order valence-corrected chi connectivity index (χ1v) is 11.2. The quantitative estimate of drug-likeness (QED) is 0.395. The first-order chi connectivity index (χ1) is 17.0. The summed E-state index contributed by atoms with van der Waals surface area (Å²) in [5.74, 6) is -0.145. The number of H-pyrrole nitrogens is 1. The average Bonchev–Trinajstić information content (AvgIpc) is 3.26. The Bertz CT molecular complexity index is 1410. The van der Waals surface area contributed by atoms with Gasteiger partial charge in [0, 0.05) is 23.1 Å². The zero-order valence-electron chi connectivity index (χ0n) is 19.3. The van der Waals surface area contributed by atoms with E-state index in [-0.39, 0.29) is 17.4 Å². The summed E-state index contributed by atoms with van der Waals surface area (Å²) >= 11 is 0. The Morgan fingerprint density at radius 2 is 1.83 bits per heavy atom. The number of para-hydroxylation sites is 1. The summed E-state index contributed by atoms with van der Waals surface area (Å²) in [5, 5.41) is 3.90. The van der Waals surface area contributed by atoms with Gasteiger partial charge in [-0.3, -0.25) is 0 Å². The number of nitrogens with zero attached hydrogens (tertiary/aromatic N) is 1. The minimum atomic E-state index is -0.540. The van der Waals surface area contributed by atoms with Gasteiger partial charge in [-0.2, -0.15) is 0 Å². The molecule has 0 unspecified atom stereocenters. The van der Waals surface area contributed by atoms with E-state index in [9.17, 15) is 14.0 Å². The Hall–Kier alpha value is -4.33. The lowest BCUT2D eigenvalue weighted by Gasteiger charge is -2.36. The number of carbonyl (C=O) groups is 2. The molecule has 1 aliphatic heterocycles. The SMILES string of the molecule is COC(=O)c1ccccc1NC(=O)N1CCc2c([nH]c3ccc(OC)cc23)[C@H]1c1ccc(F)cc1. The second kappa shape index (κ2) is 9.13. The van der Waals surface area contributed by atoms with Gasteiger partial charge in [0.25, 0.3) is 0 Å². The van der Waals surface area contributed by atoms with Crippen LogP contribution in [-0.2, 0) is 11.2 Å². The summed E-state index contributed by atoms with van der Waals surface area (Å²) in [4.78, 5) is 30.9. The van der Waals surface area contributed by atoms with Crippen molar-refractivity contribution in [3.63, 3.8) is 0 Å². The van der Waals surface area contributed by atoms with Crippen molar-refractivity contribution in [1.29, 1.82) is 0 Å². The van der Waals surface area contributed by atoms with E-state index in [1.54, 1.807) is 48.4 Å². The lowest BCUT2D eigenvalue weighted by Crippen LogP contribution is -2.43. The predicted molar refractivity (Wildman–Crippen MR) is 130 cm³/mol. The summed E-state index contributed by atoms with van der Waals surface area (Å²) in [6.07, 6.45) is 0.617. The molecule has 35 heavy (non-hydrogen) atoms. The molecule has 2 amide bonds. The second-order valence-corrected chi connectivity index (χ2v) is 8.29. The van der Waals surface area contributed by atoms with Crippen LogP contribution in [0.1, 0.15) is 33.2 Å². The van der Waals surface area contributed by atoms with E-state index in [0.717, 1.165) is 33.5 Å². The van der Waals surface area contributed by atoms with Gasteiger partial charge in [0.05, 0.1) is 31.5 Å². The number of aromatic amines is 1. The molecule has 0 spiro atoms. The normalized spacial score (nSPS) is 14.9. The number of ether oxygens (including phenoxy) is 2. The third kappa shape index (κ3) is 4.07. The van der Waals surface area contributed by atoms with E-state index >= 15 is 0 Å². The van der Waals surface area contributed by atoms with Crippen molar-refractivity contribution in [2.75, 3.05) is 26.1 Å². The van der Waals surface area contributed by atoms with Gasteiger partial charge < -0.3 is 24.7 Å². The zero-order chi connectivity index (χ0) is 24.5. The maximum atomic E-state index is 13.7. The van der Waals surface area contributed by atoms with Crippen LogP contribution in [0.25, 0.3) is 10.9 Å². The van der Waals surface area contributed by atoms with Crippen LogP contribution in [0.15, 0.2) is 66.7 Å². The van der Waals surface area contributed by atoms with E-state index in [0.29, 0.717) is 18.7 Å². The van der Waals surface area contributed by atoms with Crippen LogP contribution in [0, 0.1) is 5.82 Å². The summed E-state index contributed by atoms with van der Waals surface area (Å²) in [6, 6.07) is 17.8. The maximum absolute atomic E-state index is 13.7. The minimum Gasteiger partial charge on any atom is -0.497 e. The Balaban J connectivity index is 1.57. The number of hydrogen-bond donors (Lipinski definition) is 2. The number of hydrogen-bond acceptors (Lipinski definition) is 4. The standard InChI is InChI=1S/C27H24FN3O4/c1-34-18-11-12-23-21(15-18)19-13-14-31(25(24(19)29-23)16-7-9-17(28)10-8-16)27(33)30-22-6-4-3-5-20(22)26(32)35-2/h3-12,15,25,29H,13-14H2,1-2H3,(H,30,33)/t25-/m1/s1. The summed E-state index contributed by atoms with van der Waals surface area (Å²) in [7, 11) is 2.92. The van der Waals surface area contributed by atoms with Crippen LogP contribution in [0.3, 0.4) is 0 Å². The molecule has 1 aromatic heterocycles. The second-order valence-electron chi connectivity index (χ2n) is 8.29. The van der Waals surface area contributed by atoms with Crippen molar-refractivity contribution < 1.29 is 23.5 Å². The third-order valence-electron chi connectivity index (χ3n) is 6.35. The maximum Gasteiger partial charge on any atom is 0.339 e. The van der Waals surface area contributed by atoms with E-state index in [4.69, 9.17) is 9.47 Å². The molecule has 0 saturated heterocycles. The molecule has 7 nitrogen and oxygen atoms in total. The van der Waals surface area contributed by atoms with Crippen LogP contribution in [0.4, 0.5) is 14.9 Å². The van der Waals surface area contributed by atoms with Crippen molar-refractivity contribution in [3.8, 4) is 5.75 Å². The van der Waals surface area contributed by atoms with Crippen molar-refractivity contribution >= 4 is 28.6 Å². The summed E-state index contributed by atoms with van der Waals surface area (Å²) in [5.41, 5.74) is 4.27. The van der Waals surface area contributed by atoms with E-state index < -0.39 is 12.0 Å². The number of urea groups is 1. The fraction of sp³-hybridized carbons (Fsp3) is 0.185. The van der Waals surface area contributed by atoms with Crippen molar-refractivity contribution in [1.82, 2.24) is 9.88 Å². The van der Waals surface area contributed by atoms with Crippen molar-refractivity contribution in [2.45, 2.75) is 12.5 Å². The summed E-state index contributed by atoms with van der Waals surface area (Å²) < 4.78 is 24.0. The molecule has 5 rings (SSSR count). The fourth-order valence-electron chi connectivity index (χ4n) is 4.67. The van der Waals surface area contributed by atoms with Crippen LogP contribution < -0.4 is 10.1 Å². The van der Waals surface area contributed by atoms with Gasteiger partial charge in [-0.25, -0.2) is 14.0 Å². The number of esters is 1. The monoisotopic (exact) mass is 473 g/mol. The average molecular weight is 474 g/mol. The van der Waals surface area contributed by atoms with E-state index in [2.05, 4.69) is 10.3 Å². The number of halogens is 1. The lowest BCUT2D eigenvalue weighted by molar-refractivity contribution is 0.0602. The molecule has 0 radical (unpaired) electrons. The highest BCUT2D eigenvalue weighted by Gasteiger charge is 2.35. The first-order valence-electron chi connectivity index (χ1n) is 11.2. The number of fused-ring (bicyclic) bond motifs is 3. The molecule has 3 aromatic carbocycles. The Morgan fingerprint density at radius 1 is 1.06 bits per heavy atom. The highest BCUT2D eigenvalue weighted by atomic mass is 19.1. The van der Waals surface area contributed by atoms with Gasteiger partial charge in [0.1, 0.15) is 11.6 Å². The first kappa shape index (κ1) is 22.5. The third-order valence-corrected chi connectivity index (χ3v) is 6.35. The van der Waals surface area contributed by atoms with Gasteiger partial charge in [-0.15, -0.1) is 0 Å². The van der Waals surface area contributed by atoms with Crippen LogP contribution in [0.5, 0.6) is 5.75 Å². The number of aromatic nitrogens is 1. The van der Waals surface area contributed by atoms with Crippen LogP contribution in [0.2, 0.25) is 0 Å². The lowest BCUT2D eigenvalue weighted by atomic mass is 9.92. The van der Waals surface area contributed by atoms with E-state index in [1.165, 1.54) is 19.2 Å².